The van der Waals surface area contributed by atoms with Crippen molar-refractivity contribution in [3.8, 4) is 21.8 Å². The largest absolute Gasteiger partial charge is 0.378 e. The van der Waals surface area contributed by atoms with Gasteiger partial charge >= 0.3 is 0 Å². The molecule has 1 aliphatic heterocycles. The van der Waals surface area contributed by atoms with E-state index in [1.54, 1.807) is 6.07 Å². The molecule has 1 fully saturated rings. The minimum atomic E-state index is -4.70. The second-order valence-corrected chi connectivity index (χ2v) is 11.3. The second kappa shape index (κ2) is 11.7. The number of aromatic nitrogens is 3. The fourth-order valence-corrected chi connectivity index (χ4v) is 6.21. The predicted molar refractivity (Wildman–Crippen MR) is 146 cm³/mol. The van der Waals surface area contributed by atoms with E-state index in [1.807, 2.05) is 4.72 Å². The summed E-state index contributed by atoms with van der Waals surface area (Å²) in [4.78, 5) is 24.2. The van der Waals surface area contributed by atoms with E-state index in [0.29, 0.717) is 47.5 Å². The van der Waals surface area contributed by atoms with Gasteiger partial charge < -0.3 is 10.1 Å². The first-order chi connectivity index (χ1) is 19.7. The smallest absolute Gasteiger partial charge is 0.265 e. The minimum absolute atomic E-state index is 0.0217. The second-order valence-electron chi connectivity index (χ2n) is 8.62. The number of rotatable bonds is 8. The van der Waals surface area contributed by atoms with Gasteiger partial charge in [0.25, 0.3) is 10.0 Å². The van der Waals surface area contributed by atoms with Crippen molar-refractivity contribution in [3.63, 3.8) is 0 Å². The number of hydrogen-bond acceptors (Lipinski definition) is 9. The summed E-state index contributed by atoms with van der Waals surface area (Å²) >= 11 is 1.20. The van der Waals surface area contributed by atoms with Crippen LogP contribution in [0.15, 0.2) is 66.2 Å². The molecule has 1 atom stereocenters. The highest BCUT2D eigenvalue weighted by atomic mass is 32.2. The molecule has 10 nitrogen and oxygen atoms in total. The maximum atomic E-state index is 16.0. The molecular weight excluding hydrogens is 581 g/mol. The number of anilines is 2. The molecule has 1 unspecified atom stereocenters. The van der Waals surface area contributed by atoms with Crippen LogP contribution < -0.4 is 15.4 Å². The number of nitrogens with zero attached hydrogens (tertiary/aromatic N) is 3. The highest BCUT2D eigenvalue weighted by Gasteiger charge is 2.27. The molecule has 1 amide bonds. The maximum Gasteiger partial charge on any atom is 0.265 e. The molecule has 41 heavy (non-hydrogen) atoms. The molecule has 212 valence electrons. The average Bonchev–Trinajstić information content (AvgIpc) is 3.41. The number of amides is 1. The van der Waals surface area contributed by atoms with E-state index in [4.69, 9.17) is 4.74 Å². The van der Waals surface area contributed by atoms with Gasteiger partial charge in [0.2, 0.25) is 11.9 Å². The van der Waals surface area contributed by atoms with Crippen LogP contribution in [0, 0.1) is 17.5 Å². The molecule has 0 spiro atoms. The van der Waals surface area contributed by atoms with Gasteiger partial charge in [-0.05, 0) is 42.5 Å². The number of morpholine rings is 1. The lowest BCUT2D eigenvalue weighted by molar-refractivity contribution is -0.111. The Morgan fingerprint density at radius 2 is 2.00 bits per heavy atom. The molecule has 0 aliphatic carbocycles. The highest BCUT2D eigenvalue weighted by Crippen LogP contribution is 2.41. The van der Waals surface area contributed by atoms with Crippen LogP contribution in [0.25, 0.3) is 21.8 Å². The maximum absolute atomic E-state index is 16.0. The molecule has 5 rings (SSSR count). The molecule has 3 N–H and O–H groups in total. The standard InChI is InChI=1S/C26H21F3N6O4S2/c1-2-21(36)33-26-31-9-8-18(32-26)24-23(34-25(40-24)19-13-39-11-10-30-19)15-4-3-5-17(22(15)29)35-41(37,38)20-12-14(27)6-7-16(20)28/h2-9,12,19,30,35H,1,10-11,13H2,(H,31,32,33,36). The zero-order valence-electron chi connectivity index (χ0n) is 21.0. The van der Waals surface area contributed by atoms with Crippen LogP contribution in [0.2, 0.25) is 0 Å². The summed E-state index contributed by atoms with van der Waals surface area (Å²) in [5, 5.41) is 6.30. The molecular formula is C26H21F3N6O4S2. The van der Waals surface area contributed by atoms with Crippen LogP contribution in [0.5, 0.6) is 0 Å². The lowest BCUT2D eigenvalue weighted by Gasteiger charge is -2.21. The van der Waals surface area contributed by atoms with Crippen LogP contribution in [-0.2, 0) is 19.6 Å². The molecule has 0 bridgehead atoms. The van der Waals surface area contributed by atoms with Gasteiger partial charge in [-0.15, -0.1) is 11.3 Å². The van der Waals surface area contributed by atoms with Gasteiger partial charge in [-0.3, -0.25) is 14.8 Å². The molecule has 15 heteroatoms. The van der Waals surface area contributed by atoms with E-state index in [9.17, 15) is 22.0 Å². The van der Waals surface area contributed by atoms with E-state index in [-0.39, 0.29) is 23.2 Å². The molecule has 4 aromatic rings. The molecule has 3 heterocycles. The highest BCUT2D eigenvalue weighted by molar-refractivity contribution is 7.92. The van der Waals surface area contributed by atoms with E-state index in [0.717, 1.165) is 18.2 Å². The van der Waals surface area contributed by atoms with Crippen LogP contribution in [0.3, 0.4) is 0 Å². The Hall–Kier alpha value is -4.18. The summed E-state index contributed by atoms with van der Waals surface area (Å²) in [5.41, 5.74) is -0.156. The van der Waals surface area contributed by atoms with Gasteiger partial charge in [-0.1, -0.05) is 12.6 Å². The zero-order valence-corrected chi connectivity index (χ0v) is 22.7. The number of halogens is 3. The Labute approximate surface area is 236 Å². The van der Waals surface area contributed by atoms with Gasteiger partial charge in [-0.25, -0.2) is 36.5 Å². The molecule has 2 aromatic heterocycles. The Morgan fingerprint density at radius 3 is 2.76 bits per heavy atom. The van der Waals surface area contributed by atoms with Gasteiger partial charge in [-0.2, -0.15) is 0 Å². The first kappa shape index (κ1) is 28.4. The van der Waals surface area contributed by atoms with Crippen molar-refractivity contribution in [2.75, 3.05) is 29.8 Å². The van der Waals surface area contributed by atoms with Crippen LogP contribution in [0.4, 0.5) is 24.8 Å². The molecule has 0 saturated carbocycles. The topological polar surface area (TPSA) is 135 Å². The van der Waals surface area contributed by atoms with Gasteiger partial charge in [0, 0.05) is 18.3 Å². The third kappa shape index (κ3) is 6.12. The number of carbonyl (C=O) groups excluding carboxylic acids is 1. The van der Waals surface area contributed by atoms with E-state index < -0.39 is 44.0 Å². The van der Waals surface area contributed by atoms with Gasteiger partial charge in [0.1, 0.15) is 21.5 Å². The summed E-state index contributed by atoms with van der Waals surface area (Å²) in [6.07, 6.45) is 2.46. The number of ether oxygens (including phenoxy) is 1. The summed E-state index contributed by atoms with van der Waals surface area (Å²) in [6.45, 7) is 4.80. The Kier molecular flexibility index (Phi) is 8.12. The first-order valence-electron chi connectivity index (χ1n) is 12.0. The number of sulfonamides is 1. The van der Waals surface area contributed by atoms with Crippen molar-refractivity contribution in [2.45, 2.75) is 10.9 Å². The van der Waals surface area contributed by atoms with Crippen LogP contribution in [-0.4, -0.2) is 49.0 Å². The third-order valence-corrected chi connectivity index (χ3v) is 8.43. The number of nitrogens with one attached hydrogen (secondary N) is 3. The fraction of sp³-hybridized carbons (Fsp3) is 0.154. The lowest BCUT2D eigenvalue weighted by atomic mass is 10.1. The molecule has 0 radical (unpaired) electrons. The van der Waals surface area contributed by atoms with Crippen molar-refractivity contribution >= 4 is 38.9 Å². The van der Waals surface area contributed by atoms with Crippen LogP contribution >= 0.6 is 11.3 Å². The number of thiazole rings is 1. The quantitative estimate of drug-likeness (QED) is 0.255. The molecule has 2 aromatic carbocycles. The van der Waals surface area contributed by atoms with Crippen molar-refractivity contribution in [1.29, 1.82) is 0 Å². The predicted octanol–water partition coefficient (Wildman–Crippen LogP) is 4.27. The van der Waals surface area contributed by atoms with Crippen molar-refractivity contribution < 1.29 is 31.1 Å². The summed E-state index contributed by atoms with van der Waals surface area (Å²) < 4.78 is 77.1. The van der Waals surface area contributed by atoms with Gasteiger partial charge in [0.05, 0.1) is 41.2 Å². The van der Waals surface area contributed by atoms with E-state index in [1.165, 1.54) is 29.7 Å². The number of benzene rings is 2. The van der Waals surface area contributed by atoms with E-state index >= 15 is 4.39 Å². The van der Waals surface area contributed by atoms with Crippen molar-refractivity contribution in [2.24, 2.45) is 0 Å². The Bertz CT molecular complexity index is 1740. The van der Waals surface area contributed by atoms with Crippen molar-refractivity contribution in [1.82, 2.24) is 20.3 Å². The summed E-state index contributed by atoms with van der Waals surface area (Å²) in [7, 11) is -4.70. The average molecular weight is 603 g/mol. The zero-order chi connectivity index (χ0) is 29.1. The monoisotopic (exact) mass is 602 g/mol. The number of carbonyl (C=O) groups is 1. The molecule has 1 saturated heterocycles. The van der Waals surface area contributed by atoms with E-state index in [2.05, 4.69) is 32.2 Å². The minimum Gasteiger partial charge on any atom is -0.378 e. The van der Waals surface area contributed by atoms with Crippen LogP contribution in [0.1, 0.15) is 11.0 Å². The van der Waals surface area contributed by atoms with Crippen molar-refractivity contribution in [3.05, 3.63) is 83.8 Å². The normalized spacial score (nSPS) is 15.3. The number of hydrogen-bond donors (Lipinski definition) is 3. The fourth-order valence-electron chi connectivity index (χ4n) is 3.95. The van der Waals surface area contributed by atoms with Gasteiger partial charge in [0.15, 0.2) is 5.82 Å². The molecule has 1 aliphatic rings. The first-order valence-corrected chi connectivity index (χ1v) is 14.3. The lowest BCUT2D eigenvalue weighted by Crippen LogP contribution is -2.34. The third-order valence-electron chi connectivity index (χ3n) is 5.85. The Morgan fingerprint density at radius 1 is 1.17 bits per heavy atom. The summed E-state index contributed by atoms with van der Waals surface area (Å²) in [6, 6.07) is 7.10. The summed E-state index contributed by atoms with van der Waals surface area (Å²) in [5.74, 6) is -3.74. The SMILES string of the molecule is C=CC(=O)Nc1nccc(-c2sc(C3COCCN3)nc2-c2cccc(NS(=O)(=O)c3cc(F)ccc3F)c2F)n1. The Balaban J connectivity index is 1.59.